The lowest BCUT2D eigenvalue weighted by molar-refractivity contribution is 0.109. The van der Waals surface area contributed by atoms with E-state index >= 15 is 0 Å². The molecule has 1 heterocycles. The Kier molecular flexibility index (Phi) is 6.44. The monoisotopic (exact) mass is 356 g/mol. The summed E-state index contributed by atoms with van der Waals surface area (Å²) in [6.07, 6.45) is 0.188. The van der Waals surface area contributed by atoms with E-state index in [-0.39, 0.29) is 11.4 Å². The van der Waals surface area contributed by atoms with E-state index in [9.17, 15) is 13.2 Å². The molecule has 0 saturated carbocycles. The zero-order chi connectivity index (χ0) is 17.6. The number of benzene rings is 1. The summed E-state index contributed by atoms with van der Waals surface area (Å²) in [6, 6.07) is 6.40. The highest BCUT2D eigenvalue weighted by atomic mass is 32.2. The Morgan fingerprint density at radius 2 is 1.75 bits per heavy atom. The second-order valence-electron chi connectivity index (χ2n) is 5.35. The van der Waals surface area contributed by atoms with Gasteiger partial charge in [-0.1, -0.05) is 0 Å². The molecule has 1 aliphatic heterocycles. The molecule has 1 amide bonds. The number of nitrogens with zero attached hydrogens (tertiary/aromatic N) is 2. The Hall–Kier alpha value is -1.80. The maximum Gasteiger partial charge on any atom is 0.409 e. The van der Waals surface area contributed by atoms with Crippen molar-refractivity contribution in [2.45, 2.75) is 25.2 Å². The first-order valence-corrected chi connectivity index (χ1v) is 9.57. The first-order valence-electron chi connectivity index (χ1n) is 8.13. The quantitative estimate of drug-likeness (QED) is 0.806. The summed E-state index contributed by atoms with van der Waals surface area (Å²) in [7, 11) is -3.58. The van der Waals surface area contributed by atoms with Gasteiger partial charge in [0.05, 0.1) is 18.1 Å². The summed E-state index contributed by atoms with van der Waals surface area (Å²) in [5, 5.41) is 0. The molecule has 1 aromatic rings. The molecular weight excluding hydrogens is 332 g/mol. The van der Waals surface area contributed by atoms with Crippen molar-refractivity contribution in [3.8, 4) is 5.75 Å². The molecule has 0 aliphatic carbocycles. The number of amides is 1. The van der Waals surface area contributed by atoms with Crippen LogP contribution in [-0.2, 0) is 14.8 Å². The number of hydrogen-bond acceptors (Lipinski definition) is 5. The van der Waals surface area contributed by atoms with Crippen molar-refractivity contribution in [3.63, 3.8) is 0 Å². The average molecular weight is 356 g/mol. The average Bonchev–Trinajstić information content (AvgIpc) is 2.82. The van der Waals surface area contributed by atoms with Crippen molar-refractivity contribution >= 4 is 16.1 Å². The van der Waals surface area contributed by atoms with Gasteiger partial charge in [0.2, 0.25) is 10.0 Å². The van der Waals surface area contributed by atoms with Gasteiger partial charge >= 0.3 is 6.09 Å². The minimum Gasteiger partial charge on any atom is -0.494 e. The molecule has 2 rings (SSSR count). The molecule has 0 aromatic heterocycles. The summed E-state index contributed by atoms with van der Waals surface area (Å²) in [6.45, 7) is 5.92. The largest absolute Gasteiger partial charge is 0.494 e. The molecule has 1 saturated heterocycles. The molecule has 1 fully saturated rings. The van der Waals surface area contributed by atoms with Crippen LogP contribution in [0.5, 0.6) is 5.75 Å². The van der Waals surface area contributed by atoms with Gasteiger partial charge in [0, 0.05) is 26.2 Å². The van der Waals surface area contributed by atoms with Crippen molar-refractivity contribution in [1.29, 1.82) is 0 Å². The molecule has 0 bridgehead atoms. The van der Waals surface area contributed by atoms with Gasteiger partial charge in [-0.3, -0.25) is 0 Å². The lowest BCUT2D eigenvalue weighted by Gasteiger charge is -2.21. The maximum atomic E-state index is 12.8. The summed E-state index contributed by atoms with van der Waals surface area (Å²) in [4.78, 5) is 13.6. The van der Waals surface area contributed by atoms with Crippen LogP contribution in [0.1, 0.15) is 20.3 Å². The third kappa shape index (κ3) is 4.39. The van der Waals surface area contributed by atoms with Gasteiger partial charge in [0.1, 0.15) is 5.75 Å². The van der Waals surface area contributed by atoms with Gasteiger partial charge < -0.3 is 14.4 Å². The van der Waals surface area contributed by atoms with Crippen molar-refractivity contribution in [2.24, 2.45) is 0 Å². The molecule has 134 valence electrons. The number of hydrogen-bond donors (Lipinski definition) is 0. The van der Waals surface area contributed by atoms with Crippen molar-refractivity contribution < 1.29 is 22.7 Å². The van der Waals surface area contributed by atoms with E-state index in [1.165, 1.54) is 4.31 Å². The third-order valence-corrected chi connectivity index (χ3v) is 5.67. The van der Waals surface area contributed by atoms with Crippen molar-refractivity contribution in [2.75, 3.05) is 39.4 Å². The van der Waals surface area contributed by atoms with Crippen LogP contribution in [0.4, 0.5) is 4.79 Å². The van der Waals surface area contributed by atoms with Crippen molar-refractivity contribution in [1.82, 2.24) is 9.21 Å². The van der Waals surface area contributed by atoms with Gasteiger partial charge in [-0.25, -0.2) is 13.2 Å². The van der Waals surface area contributed by atoms with Crippen LogP contribution in [0, 0.1) is 0 Å². The minimum atomic E-state index is -3.58. The highest BCUT2D eigenvalue weighted by molar-refractivity contribution is 7.89. The van der Waals surface area contributed by atoms with E-state index in [1.54, 1.807) is 36.1 Å². The highest BCUT2D eigenvalue weighted by Crippen LogP contribution is 2.21. The molecule has 0 radical (unpaired) electrons. The van der Waals surface area contributed by atoms with Crippen LogP contribution >= 0.6 is 0 Å². The van der Waals surface area contributed by atoms with Gasteiger partial charge in [-0.05, 0) is 44.5 Å². The molecule has 8 heteroatoms. The van der Waals surface area contributed by atoms with E-state index in [1.807, 2.05) is 6.92 Å². The summed E-state index contributed by atoms with van der Waals surface area (Å²) >= 11 is 0. The van der Waals surface area contributed by atoms with Gasteiger partial charge in [-0.2, -0.15) is 4.31 Å². The van der Waals surface area contributed by atoms with Crippen LogP contribution in [0.25, 0.3) is 0 Å². The van der Waals surface area contributed by atoms with Gasteiger partial charge in [0.15, 0.2) is 0 Å². The third-order valence-electron chi connectivity index (χ3n) is 3.75. The number of rotatable bonds is 5. The Bertz CT molecular complexity index is 645. The maximum absolute atomic E-state index is 12.8. The molecular formula is C16H24N2O5S. The van der Waals surface area contributed by atoms with E-state index in [0.29, 0.717) is 45.0 Å². The second kappa shape index (κ2) is 8.34. The molecule has 0 unspecified atom stereocenters. The summed E-state index contributed by atoms with van der Waals surface area (Å²) < 4.78 is 37.3. The molecule has 24 heavy (non-hydrogen) atoms. The number of sulfonamides is 1. The predicted molar refractivity (Wildman–Crippen MR) is 89.6 cm³/mol. The van der Waals surface area contributed by atoms with E-state index < -0.39 is 16.1 Å². The fourth-order valence-electron chi connectivity index (χ4n) is 2.56. The zero-order valence-corrected chi connectivity index (χ0v) is 14.9. The van der Waals surface area contributed by atoms with Crippen LogP contribution < -0.4 is 4.74 Å². The Morgan fingerprint density at radius 1 is 1.04 bits per heavy atom. The van der Waals surface area contributed by atoms with Crippen LogP contribution in [0.2, 0.25) is 0 Å². The molecule has 7 nitrogen and oxygen atoms in total. The summed E-state index contributed by atoms with van der Waals surface area (Å²) in [5.74, 6) is 0.640. The van der Waals surface area contributed by atoms with Crippen LogP contribution in [-0.4, -0.2) is 63.1 Å². The zero-order valence-electron chi connectivity index (χ0n) is 14.1. The van der Waals surface area contributed by atoms with Gasteiger partial charge in [0.25, 0.3) is 0 Å². The Balaban J connectivity index is 2.08. The summed E-state index contributed by atoms with van der Waals surface area (Å²) in [5.41, 5.74) is 0. The highest BCUT2D eigenvalue weighted by Gasteiger charge is 2.28. The standard InChI is InChI=1S/C16H24N2O5S/c1-3-22-14-6-8-15(9-7-14)24(20,21)18-11-5-10-17(12-13-18)16(19)23-4-2/h6-9H,3-5,10-13H2,1-2H3. The smallest absolute Gasteiger partial charge is 0.409 e. The van der Waals surface area contributed by atoms with E-state index in [4.69, 9.17) is 9.47 Å². The number of carbonyl (C=O) groups is 1. The number of ether oxygens (including phenoxy) is 2. The van der Waals surface area contributed by atoms with Crippen LogP contribution in [0.15, 0.2) is 29.2 Å². The topological polar surface area (TPSA) is 76.2 Å². The molecule has 1 aromatic carbocycles. The Labute approximate surface area is 143 Å². The first-order chi connectivity index (χ1) is 11.5. The fraction of sp³-hybridized carbons (Fsp3) is 0.562. The SMILES string of the molecule is CCOC(=O)N1CCCN(S(=O)(=O)c2ccc(OCC)cc2)CC1. The Morgan fingerprint density at radius 3 is 2.38 bits per heavy atom. The molecule has 0 atom stereocenters. The normalized spacial score (nSPS) is 16.5. The number of carbonyl (C=O) groups excluding carboxylic acids is 1. The molecule has 0 spiro atoms. The second-order valence-corrected chi connectivity index (χ2v) is 7.29. The first kappa shape index (κ1) is 18.5. The lowest BCUT2D eigenvalue weighted by atomic mass is 10.3. The van der Waals surface area contributed by atoms with Crippen LogP contribution in [0.3, 0.4) is 0 Å². The molecule has 0 N–H and O–H groups in total. The molecule has 1 aliphatic rings. The fourth-order valence-corrected chi connectivity index (χ4v) is 4.02. The minimum absolute atomic E-state index is 0.232. The van der Waals surface area contributed by atoms with Crippen molar-refractivity contribution in [3.05, 3.63) is 24.3 Å². The predicted octanol–water partition coefficient (Wildman–Crippen LogP) is 1.94. The van der Waals surface area contributed by atoms with E-state index in [0.717, 1.165) is 0 Å². The van der Waals surface area contributed by atoms with E-state index in [2.05, 4.69) is 0 Å². The van der Waals surface area contributed by atoms with Gasteiger partial charge in [-0.15, -0.1) is 0 Å². The lowest BCUT2D eigenvalue weighted by Crippen LogP contribution is -2.37.